The minimum Gasteiger partial charge on any atom is -0.497 e. The first kappa shape index (κ1) is 13.8. The van der Waals surface area contributed by atoms with Crippen LogP contribution in [0.15, 0.2) is 42.6 Å². The normalized spacial score (nSPS) is 10.8. The molecule has 0 aliphatic heterocycles. The number of aryl methyl sites for hydroxylation is 1. The highest BCUT2D eigenvalue weighted by Gasteiger charge is 2.09. The summed E-state index contributed by atoms with van der Waals surface area (Å²) in [7, 11) is 1.64. The minimum absolute atomic E-state index is 0.643. The van der Waals surface area contributed by atoms with E-state index >= 15 is 0 Å². The largest absolute Gasteiger partial charge is 0.497 e. The van der Waals surface area contributed by atoms with Crippen molar-refractivity contribution in [3.05, 3.63) is 59.0 Å². The van der Waals surface area contributed by atoms with Crippen LogP contribution >= 0.6 is 11.6 Å². The Hall–Kier alpha value is -2.20. The van der Waals surface area contributed by atoms with E-state index in [1.807, 2.05) is 49.5 Å². The summed E-state index contributed by atoms with van der Waals surface area (Å²) in [6.45, 7) is 2.65. The summed E-state index contributed by atoms with van der Waals surface area (Å²) in [4.78, 5) is 4.55. The fourth-order valence-corrected chi connectivity index (χ4v) is 2.51. The quantitative estimate of drug-likeness (QED) is 0.794. The fourth-order valence-electron chi connectivity index (χ4n) is 2.32. The number of nitrogens with one attached hydrogen (secondary N) is 1. The number of halogens is 1. The van der Waals surface area contributed by atoms with Crippen LogP contribution in [0.25, 0.3) is 5.65 Å². The van der Waals surface area contributed by atoms with Crippen LogP contribution in [0, 0.1) is 6.92 Å². The first-order valence-electron chi connectivity index (χ1n) is 6.69. The van der Waals surface area contributed by atoms with E-state index in [9.17, 15) is 0 Å². The lowest BCUT2D eigenvalue weighted by molar-refractivity contribution is 0.415. The molecule has 0 saturated carbocycles. The number of ether oxygens (including phenoxy) is 1. The van der Waals surface area contributed by atoms with Gasteiger partial charge in [0.05, 0.1) is 35.8 Å². The molecule has 0 unspecified atom stereocenters. The summed E-state index contributed by atoms with van der Waals surface area (Å²) in [5.74, 6) is 0.775. The molecular formula is C16H16ClN3O. The van der Waals surface area contributed by atoms with E-state index in [0.717, 1.165) is 28.5 Å². The van der Waals surface area contributed by atoms with Gasteiger partial charge in [-0.05, 0) is 31.2 Å². The molecule has 0 radical (unpaired) electrons. The van der Waals surface area contributed by atoms with Crippen LogP contribution in [0.5, 0.6) is 5.75 Å². The lowest BCUT2D eigenvalue weighted by Gasteiger charge is -2.10. The van der Waals surface area contributed by atoms with Crippen LogP contribution in [0.2, 0.25) is 5.02 Å². The second kappa shape index (κ2) is 5.66. The van der Waals surface area contributed by atoms with Gasteiger partial charge in [-0.2, -0.15) is 0 Å². The van der Waals surface area contributed by atoms with Crippen molar-refractivity contribution in [2.45, 2.75) is 13.5 Å². The molecule has 0 amide bonds. The monoisotopic (exact) mass is 301 g/mol. The number of methoxy groups -OCH3 is 1. The number of rotatable bonds is 4. The van der Waals surface area contributed by atoms with Gasteiger partial charge < -0.3 is 14.5 Å². The summed E-state index contributed by atoms with van der Waals surface area (Å²) in [6.07, 6.45) is 2.01. The van der Waals surface area contributed by atoms with Gasteiger partial charge in [0.2, 0.25) is 0 Å². The molecule has 1 aromatic carbocycles. The number of aromatic nitrogens is 2. The maximum Gasteiger partial charge on any atom is 0.137 e. The Morgan fingerprint density at radius 1 is 1.29 bits per heavy atom. The van der Waals surface area contributed by atoms with Gasteiger partial charge in [0, 0.05) is 12.3 Å². The molecule has 2 heterocycles. The second-order valence-electron chi connectivity index (χ2n) is 4.77. The minimum atomic E-state index is 0.643. The summed E-state index contributed by atoms with van der Waals surface area (Å²) in [5.41, 5.74) is 3.92. The van der Waals surface area contributed by atoms with Gasteiger partial charge in [-0.3, -0.25) is 0 Å². The number of fused-ring (bicyclic) bond motifs is 1. The van der Waals surface area contributed by atoms with Gasteiger partial charge in [0.25, 0.3) is 0 Å². The fraction of sp³-hybridized carbons (Fsp3) is 0.188. The van der Waals surface area contributed by atoms with Crippen LogP contribution in [0.1, 0.15) is 11.4 Å². The number of benzene rings is 1. The second-order valence-corrected chi connectivity index (χ2v) is 5.18. The summed E-state index contributed by atoms with van der Waals surface area (Å²) < 4.78 is 7.30. The van der Waals surface area contributed by atoms with E-state index in [1.54, 1.807) is 7.11 Å². The van der Waals surface area contributed by atoms with Crippen molar-refractivity contribution in [2.24, 2.45) is 0 Å². The van der Waals surface area contributed by atoms with E-state index in [0.29, 0.717) is 11.6 Å². The van der Waals surface area contributed by atoms with E-state index in [-0.39, 0.29) is 0 Å². The van der Waals surface area contributed by atoms with Gasteiger partial charge in [0.15, 0.2) is 0 Å². The zero-order valence-corrected chi connectivity index (χ0v) is 12.7. The zero-order valence-electron chi connectivity index (χ0n) is 11.9. The maximum atomic E-state index is 6.21. The van der Waals surface area contributed by atoms with E-state index in [2.05, 4.69) is 14.7 Å². The zero-order chi connectivity index (χ0) is 14.8. The summed E-state index contributed by atoms with van der Waals surface area (Å²) >= 11 is 6.21. The molecule has 0 fully saturated rings. The van der Waals surface area contributed by atoms with Gasteiger partial charge in [0.1, 0.15) is 11.4 Å². The molecule has 0 saturated heterocycles. The third-order valence-electron chi connectivity index (χ3n) is 3.45. The Bertz CT molecular complexity index is 782. The van der Waals surface area contributed by atoms with Crippen LogP contribution in [-0.2, 0) is 6.54 Å². The Morgan fingerprint density at radius 2 is 2.14 bits per heavy atom. The third kappa shape index (κ3) is 2.67. The molecule has 108 valence electrons. The topological polar surface area (TPSA) is 38.6 Å². The standard InChI is InChI=1S/C16H16ClN3O/c1-11-15(20-8-4-3-5-16(20)19-11)10-18-14-9-12(21-2)6-7-13(14)17/h3-9,18H,10H2,1-2H3. The lowest BCUT2D eigenvalue weighted by Crippen LogP contribution is -2.04. The SMILES string of the molecule is COc1ccc(Cl)c(NCc2c(C)nc3ccccn23)c1. The highest BCUT2D eigenvalue weighted by Crippen LogP contribution is 2.27. The number of anilines is 1. The van der Waals surface area contributed by atoms with Crippen LogP contribution in [0.4, 0.5) is 5.69 Å². The Morgan fingerprint density at radius 3 is 2.95 bits per heavy atom. The third-order valence-corrected chi connectivity index (χ3v) is 3.78. The van der Waals surface area contributed by atoms with Crippen LogP contribution in [0.3, 0.4) is 0 Å². The van der Waals surface area contributed by atoms with E-state index < -0.39 is 0 Å². The smallest absolute Gasteiger partial charge is 0.137 e. The van der Waals surface area contributed by atoms with Gasteiger partial charge >= 0.3 is 0 Å². The highest BCUT2D eigenvalue weighted by atomic mass is 35.5. The molecule has 4 nitrogen and oxygen atoms in total. The van der Waals surface area contributed by atoms with Gasteiger partial charge in [-0.25, -0.2) is 4.98 Å². The average Bonchev–Trinajstić information content (AvgIpc) is 2.82. The molecule has 0 spiro atoms. The molecule has 2 aromatic heterocycles. The van der Waals surface area contributed by atoms with Gasteiger partial charge in [-0.15, -0.1) is 0 Å². The summed E-state index contributed by atoms with van der Waals surface area (Å²) in [6, 6.07) is 11.5. The number of hydrogen-bond acceptors (Lipinski definition) is 3. The Labute approximate surface area is 128 Å². The summed E-state index contributed by atoms with van der Waals surface area (Å²) in [5, 5.41) is 4.02. The van der Waals surface area contributed by atoms with Crippen molar-refractivity contribution in [1.82, 2.24) is 9.38 Å². The first-order valence-corrected chi connectivity index (χ1v) is 7.07. The predicted molar refractivity (Wildman–Crippen MR) is 85.3 cm³/mol. The van der Waals surface area contributed by atoms with Crippen molar-refractivity contribution in [3.8, 4) is 5.75 Å². The molecule has 5 heteroatoms. The molecule has 0 aliphatic carbocycles. The number of nitrogens with zero attached hydrogens (tertiary/aromatic N) is 2. The van der Waals surface area contributed by atoms with Crippen molar-refractivity contribution in [2.75, 3.05) is 12.4 Å². The van der Waals surface area contributed by atoms with Crippen LogP contribution < -0.4 is 10.1 Å². The number of hydrogen-bond donors (Lipinski definition) is 1. The highest BCUT2D eigenvalue weighted by molar-refractivity contribution is 6.33. The molecule has 3 aromatic rings. The van der Waals surface area contributed by atoms with E-state index in [1.165, 1.54) is 0 Å². The molecule has 0 atom stereocenters. The molecule has 21 heavy (non-hydrogen) atoms. The average molecular weight is 302 g/mol. The Balaban J connectivity index is 1.88. The lowest BCUT2D eigenvalue weighted by atomic mass is 10.2. The van der Waals surface area contributed by atoms with E-state index in [4.69, 9.17) is 16.3 Å². The predicted octanol–water partition coefficient (Wildman–Crippen LogP) is 3.92. The number of pyridine rings is 1. The van der Waals surface area contributed by atoms with Crippen LogP contribution in [-0.4, -0.2) is 16.5 Å². The molecule has 0 bridgehead atoms. The van der Waals surface area contributed by atoms with Crippen molar-refractivity contribution >= 4 is 22.9 Å². The molecule has 3 rings (SSSR count). The maximum absolute atomic E-state index is 6.21. The van der Waals surface area contributed by atoms with Gasteiger partial charge in [-0.1, -0.05) is 17.7 Å². The molecular weight excluding hydrogens is 286 g/mol. The van der Waals surface area contributed by atoms with Crippen molar-refractivity contribution in [3.63, 3.8) is 0 Å². The first-order chi connectivity index (χ1) is 10.2. The molecule has 1 N–H and O–H groups in total. The molecule has 0 aliphatic rings. The Kier molecular flexibility index (Phi) is 3.71. The van der Waals surface area contributed by atoms with Crippen molar-refractivity contribution in [1.29, 1.82) is 0 Å². The number of imidazole rings is 1. The van der Waals surface area contributed by atoms with Crippen molar-refractivity contribution < 1.29 is 4.74 Å².